The molecular weight excluding hydrogens is 336 g/mol. The molecule has 2 saturated heterocycles. The van der Waals surface area contributed by atoms with Crippen LogP contribution in [0.5, 0.6) is 0 Å². The molecule has 1 N–H and O–H groups in total. The van der Waals surface area contributed by atoms with Crippen LogP contribution in [0, 0.1) is 0 Å². The van der Waals surface area contributed by atoms with Crippen LogP contribution in [0.2, 0.25) is 0 Å². The van der Waals surface area contributed by atoms with Crippen molar-refractivity contribution in [3.63, 3.8) is 0 Å². The van der Waals surface area contributed by atoms with E-state index in [0.29, 0.717) is 6.04 Å². The van der Waals surface area contributed by atoms with E-state index in [-0.39, 0.29) is 6.03 Å². The molecule has 3 heterocycles. The topological polar surface area (TPSA) is 48.5 Å². The summed E-state index contributed by atoms with van der Waals surface area (Å²) in [7, 11) is 0. The molecule has 27 heavy (non-hydrogen) atoms. The van der Waals surface area contributed by atoms with Crippen LogP contribution in [0.1, 0.15) is 36.8 Å². The Morgan fingerprint density at radius 1 is 0.963 bits per heavy atom. The Morgan fingerprint density at radius 3 is 2.41 bits per heavy atom. The average Bonchev–Trinajstić information content (AvgIpc) is 3.25. The second-order valence-corrected chi connectivity index (χ2v) is 7.64. The van der Waals surface area contributed by atoms with Crippen molar-refractivity contribution in [3.8, 4) is 0 Å². The lowest BCUT2D eigenvalue weighted by Crippen LogP contribution is -2.50. The number of urea groups is 1. The Hall–Kier alpha value is -2.40. The number of anilines is 1. The molecule has 5 nitrogen and oxygen atoms in total. The van der Waals surface area contributed by atoms with E-state index in [1.165, 1.54) is 43.5 Å². The first-order chi connectivity index (χ1) is 13.3. The number of carbonyl (C=O) groups is 1. The number of hydrogen-bond donors (Lipinski definition) is 1. The van der Waals surface area contributed by atoms with Crippen LogP contribution in [0.25, 0.3) is 0 Å². The Bertz CT molecular complexity index is 741. The third kappa shape index (κ3) is 4.66. The number of benzene rings is 1. The third-order valence-electron chi connectivity index (χ3n) is 5.70. The number of aromatic nitrogens is 1. The van der Waals surface area contributed by atoms with Gasteiger partial charge in [-0.2, -0.15) is 0 Å². The van der Waals surface area contributed by atoms with E-state index in [4.69, 9.17) is 0 Å². The normalized spacial score (nSPS) is 20.6. The van der Waals surface area contributed by atoms with Crippen molar-refractivity contribution >= 4 is 11.7 Å². The SMILES string of the molecule is O=C(Nc1ccc(Cc2ccncc2)cc1)N1CCCC(N2CCCC2)C1. The number of nitrogens with zero attached hydrogens (tertiary/aromatic N) is 3. The highest BCUT2D eigenvalue weighted by Crippen LogP contribution is 2.21. The van der Waals surface area contributed by atoms with E-state index in [1.54, 1.807) is 0 Å². The summed E-state index contributed by atoms with van der Waals surface area (Å²) >= 11 is 0. The molecule has 142 valence electrons. The van der Waals surface area contributed by atoms with Gasteiger partial charge in [-0.05, 0) is 80.6 Å². The summed E-state index contributed by atoms with van der Waals surface area (Å²) in [5.41, 5.74) is 3.33. The number of pyridine rings is 1. The average molecular weight is 364 g/mol. The summed E-state index contributed by atoms with van der Waals surface area (Å²) in [6, 6.07) is 12.8. The molecule has 2 aromatic rings. The molecule has 2 aliphatic rings. The van der Waals surface area contributed by atoms with E-state index in [1.807, 2.05) is 41.6 Å². The molecule has 2 fully saturated rings. The monoisotopic (exact) mass is 364 g/mol. The van der Waals surface area contributed by atoms with Crippen LogP contribution in [0.4, 0.5) is 10.5 Å². The zero-order valence-corrected chi connectivity index (χ0v) is 15.8. The lowest BCUT2D eigenvalue weighted by molar-refractivity contribution is 0.132. The van der Waals surface area contributed by atoms with E-state index in [9.17, 15) is 4.79 Å². The minimum absolute atomic E-state index is 0.0285. The fourth-order valence-electron chi connectivity index (χ4n) is 4.19. The van der Waals surface area contributed by atoms with Gasteiger partial charge in [-0.15, -0.1) is 0 Å². The number of hydrogen-bond acceptors (Lipinski definition) is 3. The highest BCUT2D eigenvalue weighted by Gasteiger charge is 2.29. The second kappa shape index (κ2) is 8.53. The van der Waals surface area contributed by atoms with Gasteiger partial charge in [-0.25, -0.2) is 4.79 Å². The fourth-order valence-corrected chi connectivity index (χ4v) is 4.19. The lowest BCUT2D eigenvalue weighted by Gasteiger charge is -2.37. The zero-order valence-electron chi connectivity index (χ0n) is 15.8. The largest absolute Gasteiger partial charge is 0.323 e. The van der Waals surface area contributed by atoms with Crippen LogP contribution in [-0.2, 0) is 6.42 Å². The maximum Gasteiger partial charge on any atom is 0.321 e. The van der Waals surface area contributed by atoms with Crippen LogP contribution in [-0.4, -0.2) is 53.0 Å². The van der Waals surface area contributed by atoms with Gasteiger partial charge >= 0.3 is 6.03 Å². The van der Waals surface area contributed by atoms with Crippen molar-refractivity contribution in [2.75, 3.05) is 31.5 Å². The Morgan fingerprint density at radius 2 is 1.67 bits per heavy atom. The van der Waals surface area contributed by atoms with Gasteiger partial charge in [0.25, 0.3) is 0 Å². The van der Waals surface area contributed by atoms with Crippen LogP contribution < -0.4 is 5.32 Å². The minimum atomic E-state index is 0.0285. The number of carbonyl (C=O) groups excluding carboxylic acids is 1. The molecule has 1 atom stereocenters. The summed E-state index contributed by atoms with van der Waals surface area (Å²) in [4.78, 5) is 21.3. The molecule has 2 amide bonds. The second-order valence-electron chi connectivity index (χ2n) is 7.64. The maximum absolute atomic E-state index is 12.7. The molecule has 5 heteroatoms. The third-order valence-corrected chi connectivity index (χ3v) is 5.70. The van der Waals surface area contributed by atoms with Gasteiger partial charge in [0.15, 0.2) is 0 Å². The van der Waals surface area contributed by atoms with Gasteiger partial charge < -0.3 is 10.2 Å². The van der Waals surface area contributed by atoms with Crippen LogP contribution in [0.3, 0.4) is 0 Å². The lowest BCUT2D eigenvalue weighted by atomic mass is 10.0. The maximum atomic E-state index is 12.7. The number of nitrogens with one attached hydrogen (secondary N) is 1. The van der Waals surface area contributed by atoms with E-state index < -0.39 is 0 Å². The first kappa shape index (κ1) is 18.0. The van der Waals surface area contributed by atoms with Gasteiger partial charge in [-0.3, -0.25) is 9.88 Å². The predicted octanol–water partition coefficient (Wildman–Crippen LogP) is 3.76. The van der Waals surface area contributed by atoms with Crippen molar-refractivity contribution in [2.24, 2.45) is 0 Å². The molecule has 1 unspecified atom stereocenters. The van der Waals surface area contributed by atoms with Crippen molar-refractivity contribution in [1.29, 1.82) is 0 Å². The summed E-state index contributed by atoms with van der Waals surface area (Å²) in [5.74, 6) is 0. The molecule has 2 aliphatic heterocycles. The minimum Gasteiger partial charge on any atom is -0.323 e. The highest BCUT2D eigenvalue weighted by atomic mass is 16.2. The Labute approximate surface area is 161 Å². The fraction of sp³-hybridized carbons (Fsp3) is 0.455. The van der Waals surface area contributed by atoms with Gasteiger partial charge in [-0.1, -0.05) is 12.1 Å². The molecule has 0 spiro atoms. The Kier molecular flexibility index (Phi) is 5.68. The van der Waals surface area contributed by atoms with Gasteiger partial charge in [0.2, 0.25) is 0 Å². The van der Waals surface area contributed by atoms with Crippen molar-refractivity contribution in [2.45, 2.75) is 38.1 Å². The number of amides is 2. The molecule has 0 radical (unpaired) electrons. The van der Waals surface area contributed by atoms with Crippen molar-refractivity contribution in [3.05, 3.63) is 59.9 Å². The number of likely N-dealkylation sites (tertiary alicyclic amines) is 2. The molecule has 1 aromatic carbocycles. The Balaban J connectivity index is 1.32. The molecule has 0 aliphatic carbocycles. The van der Waals surface area contributed by atoms with Gasteiger partial charge in [0, 0.05) is 37.2 Å². The first-order valence-corrected chi connectivity index (χ1v) is 10.1. The quantitative estimate of drug-likeness (QED) is 0.898. The zero-order chi connectivity index (χ0) is 18.5. The van der Waals surface area contributed by atoms with Gasteiger partial charge in [0.1, 0.15) is 0 Å². The molecular formula is C22H28N4O. The van der Waals surface area contributed by atoms with Crippen molar-refractivity contribution < 1.29 is 4.79 Å². The van der Waals surface area contributed by atoms with Crippen LogP contribution in [0.15, 0.2) is 48.8 Å². The summed E-state index contributed by atoms with van der Waals surface area (Å²) < 4.78 is 0. The van der Waals surface area contributed by atoms with Crippen LogP contribution >= 0.6 is 0 Å². The molecule has 1 aromatic heterocycles. The summed E-state index contributed by atoms with van der Waals surface area (Å²) in [6.07, 6.45) is 9.42. The van der Waals surface area contributed by atoms with E-state index >= 15 is 0 Å². The van der Waals surface area contributed by atoms with Crippen molar-refractivity contribution in [1.82, 2.24) is 14.8 Å². The van der Waals surface area contributed by atoms with Gasteiger partial charge in [0.05, 0.1) is 0 Å². The summed E-state index contributed by atoms with van der Waals surface area (Å²) in [5, 5.41) is 3.07. The number of piperidine rings is 1. The van der Waals surface area contributed by atoms with E-state index in [0.717, 1.165) is 31.6 Å². The predicted molar refractivity (Wildman–Crippen MR) is 108 cm³/mol. The summed E-state index contributed by atoms with van der Waals surface area (Å²) in [6.45, 7) is 4.10. The smallest absolute Gasteiger partial charge is 0.321 e. The van der Waals surface area contributed by atoms with E-state index in [2.05, 4.69) is 27.3 Å². The number of rotatable bonds is 4. The molecule has 0 saturated carbocycles. The first-order valence-electron chi connectivity index (χ1n) is 10.1. The standard InChI is InChI=1S/C22H28N4O/c27-22(26-15-3-4-21(17-26)25-13-1-2-14-25)24-20-7-5-18(6-8-20)16-19-9-11-23-12-10-19/h5-12,21H,1-4,13-17H2,(H,24,27). The molecule has 0 bridgehead atoms. The highest BCUT2D eigenvalue weighted by molar-refractivity contribution is 5.89. The molecule has 4 rings (SSSR count).